The number of nitrogens with one attached hydrogen (secondary N) is 1. The van der Waals surface area contributed by atoms with Crippen LogP contribution in [0.2, 0.25) is 0 Å². The van der Waals surface area contributed by atoms with Crippen LogP contribution in [0.4, 0.5) is 0 Å². The molecule has 0 aromatic carbocycles. The van der Waals surface area contributed by atoms with E-state index in [4.69, 9.17) is 10.5 Å². The molecule has 0 aromatic rings. The molecule has 0 spiro atoms. The van der Waals surface area contributed by atoms with Crippen LogP contribution < -0.4 is 11.1 Å². The summed E-state index contributed by atoms with van der Waals surface area (Å²) in [4.78, 5) is 28.6. The minimum atomic E-state index is -0.328. The Morgan fingerprint density at radius 3 is 2.28 bits per heavy atom. The lowest BCUT2D eigenvalue weighted by Crippen LogP contribution is -2.56. The van der Waals surface area contributed by atoms with E-state index >= 15 is 0 Å². The second kappa shape index (κ2) is 9.92. The third-order valence-electron chi connectivity index (χ3n) is 5.12. The molecule has 1 unspecified atom stereocenters. The van der Waals surface area contributed by atoms with Gasteiger partial charge in [-0.1, -0.05) is 0 Å². The number of hydrogen-bond acceptors (Lipinski definition) is 5. The maximum atomic E-state index is 12.5. The van der Waals surface area contributed by atoms with Gasteiger partial charge in [0.2, 0.25) is 5.91 Å². The van der Waals surface area contributed by atoms with Crippen molar-refractivity contribution in [1.82, 2.24) is 15.1 Å². The highest BCUT2D eigenvalue weighted by molar-refractivity contribution is 5.85. The van der Waals surface area contributed by atoms with Crippen molar-refractivity contribution in [3.63, 3.8) is 0 Å². The molecule has 3 fully saturated rings. The molecule has 9 heteroatoms. The van der Waals surface area contributed by atoms with E-state index in [1.807, 2.05) is 11.8 Å². The van der Waals surface area contributed by atoms with Crippen molar-refractivity contribution in [3.05, 3.63) is 0 Å². The Labute approximate surface area is 161 Å². The van der Waals surface area contributed by atoms with E-state index in [0.717, 1.165) is 38.8 Å². The fourth-order valence-corrected chi connectivity index (χ4v) is 3.31. The summed E-state index contributed by atoms with van der Waals surface area (Å²) < 4.78 is 5.69. The van der Waals surface area contributed by atoms with Crippen molar-refractivity contribution in [2.45, 2.75) is 56.9 Å². The van der Waals surface area contributed by atoms with Crippen molar-refractivity contribution < 1.29 is 14.3 Å². The van der Waals surface area contributed by atoms with E-state index in [1.54, 1.807) is 0 Å². The number of carbonyl (C=O) groups excluding carboxylic acids is 2. The van der Waals surface area contributed by atoms with Crippen LogP contribution in [0.25, 0.3) is 0 Å². The summed E-state index contributed by atoms with van der Waals surface area (Å²) in [5.41, 5.74) is 5.60. The quantitative estimate of drug-likeness (QED) is 0.690. The van der Waals surface area contributed by atoms with Crippen molar-refractivity contribution in [1.29, 1.82) is 0 Å². The SMILES string of the molecule is CC(C(=O)NC1CC1)N1CCN(C(=O)[C@@H]2CC[C@H](CN)O2)CC1.Cl.Cl. The van der Waals surface area contributed by atoms with Gasteiger partial charge < -0.3 is 20.7 Å². The summed E-state index contributed by atoms with van der Waals surface area (Å²) in [6.45, 7) is 5.21. The van der Waals surface area contributed by atoms with Gasteiger partial charge in [0.25, 0.3) is 5.91 Å². The molecule has 3 atom stereocenters. The maximum absolute atomic E-state index is 12.5. The van der Waals surface area contributed by atoms with Gasteiger partial charge in [0.05, 0.1) is 12.1 Å². The van der Waals surface area contributed by atoms with Gasteiger partial charge in [-0.3, -0.25) is 14.5 Å². The first-order valence-electron chi connectivity index (χ1n) is 8.77. The Bertz CT molecular complexity index is 457. The number of amides is 2. The van der Waals surface area contributed by atoms with E-state index in [9.17, 15) is 9.59 Å². The number of hydrogen-bond donors (Lipinski definition) is 2. The van der Waals surface area contributed by atoms with Gasteiger partial charge >= 0.3 is 0 Å². The zero-order chi connectivity index (χ0) is 16.4. The highest BCUT2D eigenvalue weighted by Crippen LogP contribution is 2.22. The largest absolute Gasteiger partial charge is 0.364 e. The second-order valence-corrected chi connectivity index (χ2v) is 6.88. The number of ether oxygens (including phenoxy) is 1. The lowest BCUT2D eigenvalue weighted by molar-refractivity contribution is -0.145. The standard InChI is InChI=1S/C16H28N4O3.2ClH/c1-11(15(21)18-12-2-3-12)19-6-8-20(9-7-19)16(22)14-5-4-13(10-17)23-14;;/h11-14H,2-10,17H2,1H3,(H,18,21);2*1H/t11?,13-,14+;;/m1../s1. The van der Waals surface area contributed by atoms with Gasteiger partial charge in [-0.05, 0) is 32.6 Å². The molecule has 3 aliphatic rings. The van der Waals surface area contributed by atoms with Crippen molar-refractivity contribution >= 4 is 36.6 Å². The van der Waals surface area contributed by atoms with Crippen LogP contribution >= 0.6 is 24.8 Å². The predicted octanol–water partition coefficient (Wildman–Crippen LogP) is 0.148. The lowest BCUT2D eigenvalue weighted by Gasteiger charge is -2.38. The van der Waals surface area contributed by atoms with Gasteiger partial charge in [-0.2, -0.15) is 0 Å². The number of piperazine rings is 1. The van der Waals surface area contributed by atoms with E-state index in [2.05, 4.69) is 10.2 Å². The third kappa shape index (κ3) is 5.69. The predicted molar refractivity (Wildman–Crippen MR) is 100 cm³/mol. The minimum Gasteiger partial charge on any atom is -0.364 e. The molecular formula is C16H30Cl2N4O3. The molecule has 2 aliphatic heterocycles. The normalized spacial score (nSPS) is 27.8. The summed E-state index contributed by atoms with van der Waals surface area (Å²) in [6.07, 6.45) is 3.53. The Kier molecular flexibility index (Phi) is 8.91. The average Bonchev–Trinajstić information content (AvgIpc) is 3.26. The van der Waals surface area contributed by atoms with Gasteiger partial charge in [-0.15, -0.1) is 24.8 Å². The van der Waals surface area contributed by atoms with Gasteiger partial charge in [0.1, 0.15) is 6.10 Å². The lowest BCUT2D eigenvalue weighted by atomic mass is 10.1. The van der Waals surface area contributed by atoms with Gasteiger partial charge in [0, 0.05) is 38.8 Å². The van der Waals surface area contributed by atoms with Crippen LogP contribution in [0.5, 0.6) is 0 Å². The number of halogens is 2. The Balaban J connectivity index is 0.00000156. The van der Waals surface area contributed by atoms with Gasteiger partial charge in [0.15, 0.2) is 0 Å². The van der Waals surface area contributed by atoms with Crippen molar-refractivity contribution in [2.24, 2.45) is 5.73 Å². The van der Waals surface area contributed by atoms with E-state index < -0.39 is 0 Å². The summed E-state index contributed by atoms with van der Waals surface area (Å²) in [7, 11) is 0. The topological polar surface area (TPSA) is 87.9 Å². The van der Waals surface area contributed by atoms with Crippen LogP contribution in [-0.4, -0.2) is 78.6 Å². The average molecular weight is 397 g/mol. The van der Waals surface area contributed by atoms with Crippen LogP contribution in [0, 0.1) is 0 Å². The summed E-state index contributed by atoms with van der Waals surface area (Å²) >= 11 is 0. The molecule has 7 nitrogen and oxygen atoms in total. The zero-order valence-electron chi connectivity index (χ0n) is 14.7. The molecule has 3 N–H and O–H groups in total. The van der Waals surface area contributed by atoms with Crippen LogP contribution in [0.15, 0.2) is 0 Å². The smallest absolute Gasteiger partial charge is 0.251 e. The number of carbonyl (C=O) groups is 2. The summed E-state index contributed by atoms with van der Waals surface area (Å²) in [5, 5.41) is 3.05. The fraction of sp³-hybridized carbons (Fsp3) is 0.875. The number of rotatable bonds is 5. The molecule has 0 aromatic heterocycles. The number of nitrogens with zero attached hydrogens (tertiary/aromatic N) is 2. The molecule has 2 amide bonds. The van der Waals surface area contributed by atoms with E-state index in [0.29, 0.717) is 25.7 Å². The highest BCUT2D eigenvalue weighted by Gasteiger charge is 2.35. The molecule has 0 radical (unpaired) electrons. The van der Waals surface area contributed by atoms with Crippen LogP contribution in [0.1, 0.15) is 32.6 Å². The first-order valence-corrected chi connectivity index (χ1v) is 8.77. The van der Waals surface area contributed by atoms with Crippen molar-refractivity contribution in [3.8, 4) is 0 Å². The van der Waals surface area contributed by atoms with Gasteiger partial charge in [-0.25, -0.2) is 0 Å². The molecule has 146 valence electrons. The molecule has 0 bridgehead atoms. The maximum Gasteiger partial charge on any atom is 0.251 e. The monoisotopic (exact) mass is 396 g/mol. The molecule has 2 heterocycles. The molecule has 3 rings (SSSR count). The minimum absolute atomic E-state index is 0. The van der Waals surface area contributed by atoms with E-state index in [1.165, 1.54) is 0 Å². The molecule has 2 saturated heterocycles. The Morgan fingerprint density at radius 2 is 1.76 bits per heavy atom. The highest BCUT2D eigenvalue weighted by atomic mass is 35.5. The second-order valence-electron chi connectivity index (χ2n) is 6.88. The summed E-state index contributed by atoms with van der Waals surface area (Å²) in [6, 6.07) is 0.264. The zero-order valence-corrected chi connectivity index (χ0v) is 16.3. The fourth-order valence-electron chi connectivity index (χ4n) is 3.31. The molecular weight excluding hydrogens is 367 g/mol. The summed E-state index contributed by atoms with van der Waals surface area (Å²) in [5.74, 6) is 0.188. The Hall–Kier alpha value is -0.600. The first kappa shape index (κ1) is 22.4. The number of nitrogens with two attached hydrogens (primary N) is 1. The first-order chi connectivity index (χ1) is 11.1. The van der Waals surface area contributed by atoms with Crippen LogP contribution in [0.3, 0.4) is 0 Å². The van der Waals surface area contributed by atoms with Crippen LogP contribution in [-0.2, 0) is 14.3 Å². The van der Waals surface area contributed by atoms with Crippen molar-refractivity contribution in [2.75, 3.05) is 32.7 Å². The molecule has 1 aliphatic carbocycles. The third-order valence-corrected chi connectivity index (χ3v) is 5.12. The Morgan fingerprint density at radius 1 is 1.12 bits per heavy atom. The molecule has 1 saturated carbocycles. The van der Waals surface area contributed by atoms with E-state index in [-0.39, 0.29) is 54.9 Å². The molecule has 25 heavy (non-hydrogen) atoms.